The number of nitrogens with one attached hydrogen (secondary N) is 2. The minimum atomic E-state index is -1.45. The molecule has 3 N–H and O–H groups in total. The second kappa shape index (κ2) is 6.84. The van der Waals surface area contributed by atoms with Crippen LogP contribution in [0.25, 0.3) is 0 Å². The van der Waals surface area contributed by atoms with Gasteiger partial charge in [0.05, 0.1) is 5.56 Å². The van der Waals surface area contributed by atoms with Crippen LogP contribution in [0.1, 0.15) is 18.6 Å². The Morgan fingerprint density at radius 2 is 2.05 bits per heavy atom. The van der Waals surface area contributed by atoms with Crippen LogP contribution in [0.3, 0.4) is 0 Å². The normalized spacial score (nSPS) is 13.5. The van der Waals surface area contributed by atoms with Crippen molar-refractivity contribution in [1.82, 2.24) is 10.6 Å². The lowest BCUT2D eigenvalue weighted by Gasteiger charge is -2.15. The molecule has 0 heterocycles. The van der Waals surface area contributed by atoms with Crippen LogP contribution in [0.2, 0.25) is 0 Å². The fraction of sp³-hybridized carbons (Fsp3) is 0.308. The molecule has 0 saturated heterocycles. The van der Waals surface area contributed by atoms with E-state index in [1.807, 2.05) is 0 Å². The molecule has 2 atom stereocenters. The van der Waals surface area contributed by atoms with Gasteiger partial charge in [-0.2, -0.15) is 0 Å². The van der Waals surface area contributed by atoms with Gasteiger partial charge in [0.2, 0.25) is 0 Å². The van der Waals surface area contributed by atoms with Crippen molar-refractivity contribution in [3.8, 4) is 0 Å². The summed E-state index contributed by atoms with van der Waals surface area (Å²) in [6.07, 6.45) is 0.0676. The monoisotopic (exact) mass is 270 g/mol. The Hall–Kier alpha value is -1.95. The number of benzene rings is 1. The molecular formula is C13H16F2N2O2. The van der Waals surface area contributed by atoms with E-state index in [4.69, 9.17) is 0 Å². The van der Waals surface area contributed by atoms with Gasteiger partial charge in [-0.1, -0.05) is 12.1 Å². The number of carbonyl (C=O) groups excluding carboxylic acids is 1. The molecule has 1 aromatic carbocycles. The Morgan fingerprint density at radius 3 is 2.58 bits per heavy atom. The van der Waals surface area contributed by atoms with Crippen molar-refractivity contribution >= 4 is 6.03 Å². The molecule has 1 aromatic rings. The molecule has 0 aliphatic carbocycles. The minimum Gasteiger partial charge on any atom is -0.386 e. The summed E-state index contributed by atoms with van der Waals surface area (Å²) in [5.41, 5.74) is -0.459. The summed E-state index contributed by atoms with van der Waals surface area (Å²) in [5.74, 6) is -1.71. The van der Waals surface area contributed by atoms with Gasteiger partial charge >= 0.3 is 6.03 Å². The molecule has 1 rings (SSSR count). The fourth-order valence-corrected chi connectivity index (χ4v) is 1.44. The van der Waals surface area contributed by atoms with Gasteiger partial charge in [-0.05, 0) is 19.1 Å². The second-order valence-corrected chi connectivity index (χ2v) is 4.03. The third-order valence-corrected chi connectivity index (χ3v) is 2.50. The third-order valence-electron chi connectivity index (χ3n) is 2.50. The van der Waals surface area contributed by atoms with E-state index in [9.17, 15) is 18.7 Å². The van der Waals surface area contributed by atoms with Crippen LogP contribution in [0.5, 0.6) is 0 Å². The maximum atomic E-state index is 13.3. The van der Waals surface area contributed by atoms with Gasteiger partial charge in [0.15, 0.2) is 0 Å². The van der Waals surface area contributed by atoms with Gasteiger partial charge in [0.25, 0.3) is 0 Å². The lowest BCUT2D eigenvalue weighted by molar-refractivity contribution is 0.164. The standard InChI is InChI=1S/C13H16F2N2O2/c1-3-8(2)17-13(19)16-7-11(18)12-9(14)5-4-6-10(12)15/h3-6,8,11,18H,1,7H2,2H3,(H2,16,17,19). The van der Waals surface area contributed by atoms with E-state index in [1.165, 1.54) is 12.1 Å². The first-order valence-electron chi connectivity index (χ1n) is 5.74. The van der Waals surface area contributed by atoms with Gasteiger partial charge in [-0.25, -0.2) is 13.6 Å². The van der Waals surface area contributed by atoms with Gasteiger partial charge < -0.3 is 15.7 Å². The maximum Gasteiger partial charge on any atom is 0.315 e. The van der Waals surface area contributed by atoms with E-state index in [0.29, 0.717) is 0 Å². The maximum absolute atomic E-state index is 13.3. The minimum absolute atomic E-state index is 0.248. The summed E-state index contributed by atoms with van der Waals surface area (Å²) in [4.78, 5) is 11.3. The number of aliphatic hydroxyl groups excluding tert-OH is 1. The van der Waals surface area contributed by atoms with Crippen LogP contribution in [-0.4, -0.2) is 23.7 Å². The van der Waals surface area contributed by atoms with E-state index >= 15 is 0 Å². The smallest absolute Gasteiger partial charge is 0.315 e. The largest absolute Gasteiger partial charge is 0.386 e. The van der Waals surface area contributed by atoms with E-state index in [0.717, 1.165) is 12.1 Å². The highest BCUT2D eigenvalue weighted by Crippen LogP contribution is 2.19. The third kappa shape index (κ3) is 4.33. The van der Waals surface area contributed by atoms with Crippen LogP contribution in [0, 0.1) is 11.6 Å². The molecule has 2 unspecified atom stereocenters. The van der Waals surface area contributed by atoms with Crippen molar-refractivity contribution in [2.75, 3.05) is 6.54 Å². The Bertz CT molecular complexity index is 446. The first-order chi connectivity index (χ1) is 8.95. The van der Waals surface area contributed by atoms with Crippen molar-refractivity contribution in [2.24, 2.45) is 0 Å². The molecular weight excluding hydrogens is 254 g/mol. The Labute approximate surface area is 110 Å². The topological polar surface area (TPSA) is 61.4 Å². The van der Waals surface area contributed by atoms with Crippen LogP contribution in [0.4, 0.5) is 13.6 Å². The number of carbonyl (C=O) groups is 1. The predicted molar refractivity (Wildman–Crippen MR) is 67.5 cm³/mol. The van der Waals surface area contributed by atoms with Crippen molar-refractivity contribution < 1.29 is 18.7 Å². The quantitative estimate of drug-likeness (QED) is 0.715. The van der Waals surface area contributed by atoms with Gasteiger partial charge in [-0.15, -0.1) is 6.58 Å². The molecule has 0 aliphatic rings. The van der Waals surface area contributed by atoms with Crippen LogP contribution in [-0.2, 0) is 0 Å². The number of hydrogen-bond acceptors (Lipinski definition) is 2. The SMILES string of the molecule is C=CC(C)NC(=O)NCC(O)c1c(F)cccc1F. The van der Waals surface area contributed by atoms with Crippen LogP contribution < -0.4 is 10.6 Å². The Morgan fingerprint density at radius 1 is 1.47 bits per heavy atom. The summed E-state index contributed by atoms with van der Waals surface area (Å²) in [5, 5.41) is 14.5. The van der Waals surface area contributed by atoms with E-state index in [1.54, 1.807) is 6.92 Å². The predicted octanol–water partition coefficient (Wildman–Crippen LogP) is 1.87. The van der Waals surface area contributed by atoms with Crippen LogP contribution in [0.15, 0.2) is 30.9 Å². The highest BCUT2D eigenvalue weighted by atomic mass is 19.1. The van der Waals surface area contributed by atoms with Gasteiger partial charge in [0.1, 0.15) is 17.7 Å². The molecule has 104 valence electrons. The first-order valence-corrected chi connectivity index (χ1v) is 5.74. The number of aliphatic hydroxyl groups is 1. The molecule has 0 spiro atoms. The molecule has 19 heavy (non-hydrogen) atoms. The summed E-state index contributed by atoms with van der Waals surface area (Å²) < 4.78 is 26.7. The van der Waals surface area contributed by atoms with Crippen molar-refractivity contribution in [1.29, 1.82) is 0 Å². The molecule has 2 amide bonds. The lowest BCUT2D eigenvalue weighted by Crippen LogP contribution is -2.41. The van der Waals surface area contributed by atoms with Gasteiger partial charge in [-0.3, -0.25) is 0 Å². The number of amides is 2. The number of urea groups is 1. The van der Waals surface area contributed by atoms with E-state index in [-0.39, 0.29) is 12.6 Å². The Balaban J connectivity index is 2.58. The molecule has 0 fully saturated rings. The zero-order chi connectivity index (χ0) is 14.4. The zero-order valence-corrected chi connectivity index (χ0v) is 10.5. The van der Waals surface area contributed by atoms with E-state index in [2.05, 4.69) is 17.2 Å². The highest BCUT2D eigenvalue weighted by molar-refractivity contribution is 5.74. The zero-order valence-electron chi connectivity index (χ0n) is 10.5. The molecule has 0 aliphatic heterocycles. The average Bonchev–Trinajstić information content (AvgIpc) is 2.36. The lowest BCUT2D eigenvalue weighted by atomic mass is 10.1. The summed E-state index contributed by atoms with van der Waals surface area (Å²) in [6.45, 7) is 4.90. The average molecular weight is 270 g/mol. The summed E-state index contributed by atoms with van der Waals surface area (Å²) in [6, 6.07) is 2.49. The molecule has 0 bridgehead atoms. The molecule has 0 saturated carbocycles. The summed E-state index contributed by atoms with van der Waals surface area (Å²) >= 11 is 0. The number of halogens is 2. The fourth-order valence-electron chi connectivity index (χ4n) is 1.44. The number of rotatable bonds is 5. The molecule has 6 heteroatoms. The molecule has 4 nitrogen and oxygen atoms in total. The molecule has 0 radical (unpaired) electrons. The van der Waals surface area contributed by atoms with E-state index < -0.39 is 29.3 Å². The van der Waals surface area contributed by atoms with Gasteiger partial charge in [0, 0.05) is 12.6 Å². The first kappa shape index (κ1) is 15.1. The van der Waals surface area contributed by atoms with Crippen LogP contribution >= 0.6 is 0 Å². The number of hydrogen-bond donors (Lipinski definition) is 3. The van der Waals surface area contributed by atoms with Crippen molar-refractivity contribution in [3.05, 3.63) is 48.1 Å². The Kier molecular flexibility index (Phi) is 5.44. The molecule has 0 aromatic heterocycles. The summed E-state index contributed by atoms with van der Waals surface area (Å²) in [7, 11) is 0. The highest BCUT2D eigenvalue weighted by Gasteiger charge is 2.18. The van der Waals surface area contributed by atoms with Crippen molar-refractivity contribution in [2.45, 2.75) is 19.1 Å². The second-order valence-electron chi connectivity index (χ2n) is 4.03. The van der Waals surface area contributed by atoms with Crippen molar-refractivity contribution in [3.63, 3.8) is 0 Å².